The zero-order chi connectivity index (χ0) is 31.5. The summed E-state index contributed by atoms with van der Waals surface area (Å²) < 4.78 is 25.4. The quantitative estimate of drug-likeness (QED) is 0.0699. The molecule has 222 valence electrons. The Bertz CT molecular complexity index is 1940. The Morgan fingerprint density at radius 1 is 0.511 bits per heavy atom. The lowest BCUT2D eigenvalue weighted by molar-refractivity contribution is -0.130. The Morgan fingerprint density at radius 2 is 0.889 bits per heavy atom. The van der Waals surface area contributed by atoms with E-state index >= 15 is 0 Å². The minimum atomic E-state index is -0.473. The highest BCUT2D eigenvalue weighted by molar-refractivity contribution is 7.50. The number of ether oxygens (including phenoxy) is 4. The standard InChI is InChI=1S/C38H29O6S/c1-24(2)37(39)43-28-14-10-26(11-15-28)41-30-18-20-35-33(22-30)34-23-31(19-21-36(34)45(35)32-8-6-5-7-9-32)42-27-12-16-29(17-13-27)44-38(40)25(3)4/h5-23H,1,3H2,2,4H3/q+1. The van der Waals surface area contributed by atoms with Crippen LogP contribution in [0, 0.1) is 0 Å². The first-order chi connectivity index (χ1) is 21.7. The number of hydrogen-bond acceptors (Lipinski definition) is 6. The average Bonchev–Trinajstić information content (AvgIpc) is 3.36. The number of hydrogen-bond donors (Lipinski definition) is 0. The first-order valence-corrected chi connectivity index (χ1v) is 15.4. The lowest BCUT2D eigenvalue weighted by atomic mass is 10.1. The van der Waals surface area contributed by atoms with Gasteiger partial charge >= 0.3 is 11.9 Å². The number of rotatable bonds is 9. The van der Waals surface area contributed by atoms with E-state index in [2.05, 4.69) is 49.6 Å². The summed E-state index contributed by atoms with van der Waals surface area (Å²) in [4.78, 5) is 24.9. The molecule has 0 saturated heterocycles. The van der Waals surface area contributed by atoms with E-state index < -0.39 is 11.9 Å². The normalized spacial score (nSPS) is 10.8. The summed E-state index contributed by atoms with van der Waals surface area (Å²) in [6.07, 6.45) is 0. The summed E-state index contributed by atoms with van der Waals surface area (Å²) in [5, 5.41) is 2.13. The highest BCUT2D eigenvalue weighted by atomic mass is 32.2. The predicted octanol–water partition coefficient (Wildman–Crippen LogP) is 10.3. The van der Waals surface area contributed by atoms with Crippen LogP contribution in [-0.4, -0.2) is 11.9 Å². The van der Waals surface area contributed by atoms with Crippen LogP contribution in [0.15, 0.2) is 140 Å². The van der Waals surface area contributed by atoms with Crippen LogP contribution < -0.4 is 18.9 Å². The Balaban J connectivity index is 1.33. The average molecular weight is 614 g/mol. The van der Waals surface area contributed by atoms with Crippen LogP contribution in [0.5, 0.6) is 34.5 Å². The Labute approximate surface area is 263 Å². The van der Waals surface area contributed by atoms with Crippen LogP contribution in [0.3, 0.4) is 0 Å². The molecule has 0 unspecified atom stereocenters. The highest BCUT2D eigenvalue weighted by Gasteiger charge is 2.25. The van der Waals surface area contributed by atoms with Gasteiger partial charge in [-0.2, -0.15) is 0 Å². The van der Waals surface area contributed by atoms with Gasteiger partial charge in [-0.25, -0.2) is 9.59 Å². The fourth-order valence-corrected chi connectivity index (χ4v) is 7.02. The second-order valence-electron chi connectivity index (χ2n) is 10.4. The molecule has 6 nitrogen and oxygen atoms in total. The molecule has 0 aliphatic rings. The fourth-order valence-electron chi connectivity index (χ4n) is 4.66. The van der Waals surface area contributed by atoms with Crippen LogP contribution >= 0.6 is 10.5 Å². The molecule has 0 atom stereocenters. The minimum absolute atomic E-state index is 0.298. The molecule has 1 aromatic heterocycles. The van der Waals surface area contributed by atoms with Crippen molar-refractivity contribution >= 4 is 42.6 Å². The van der Waals surface area contributed by atoms with E-state index in [0.29, 0.717) is 45.6 Å². The molecule has 0 fully saturated rings. The first-order valence-electron chi connectivity index (χ1n) is 14.1. The van der Waals surface area contributed by atoms with Crippen LogP contribution in [-0.2, 0) is 9.59 Å². The molecule has 0 saturated carbocycles. The number of fused-ring (bicyclic) bond motifs is 3. The molecule has 45 heavy (non-hydrogen) atoms. The summed E-state index contributed by atoms with van der Waals surface area (Å²) in [7, 11) is -0.298. The third-order valence-electron chi connectivity index (χ3n) is 6.85. The van der Waals surface area contributed by atoms with Crippen molar-refractivity contribution in [3.8, 4) is 39.4 Å². The number of esters is 2. The van der Waals surface area contributed by atoms with E-state index in [1.807, 2.05) is 30.3 Å². The molecule has 1 heterocycles. The summed E-state index contributed by atoms with van der Waals surface area (Å²) in [6, 6.07) is 36.5. The molecular formula is C38H29O6S+. The first kappa shape index (κ1) is 29.4. The number of carbonyl (C=O) groups is 2. The van der Waals surface area contributed by atoms with E-state index in [1.165, 1.54) is 14.3 Å². The van der Waals surface area contributed by atoms with Crippen molar-refractivity contribution < 1.29 is 28.5 Å². The molecule has 5 aromatic carbocycles. The van der Waals surface area contributed by atoms with Gasteiger partial charge in [-0.05, 0) is 98.8 Å². The van der Waals surface area contributed by atoms with Gasteiger partial charge in [0.15, 0.2) is 14.3 Å². The summed E-state index contributed by atoms with van der Waals surface area (Å²) >= 11 is 0. The largest absolute Gasteiger partial charge is 0.457 e. The Morgan fingerprint density at radius 3 is 1.29 bits per heavy atom. The van der Waals surface area contributed by atoms with Crippen LogP contribution in [0.25, 0.3) is 25.1 Å². The monoisotopic (exact) mass is 613 g/mol. The van der Waals surface area contributed by atoms with Gasteiger partial charge in [0.1, 0.15) is 34.5 Å². The molecule has 7 heteroatoms. The maximum absolute atomic E-state index is 11.8. The van der Waals surface area contributed by atoms with Gasteiger partial charge in [-0.1, -0.05) is 31.4 Å². The maximum atomic E-state index is 11.8. The second-order valence-corrected chi connectivity index (χ2v) is 12.4. The van der Waals surface area contributed by atoms with Gasteiger partial charge in [-0.15, -0.1) is 0 Å². The smallest absolute Gasteiger partial charge is 0.338 e. The van der Waals surface area contributed by atoms with Crippen molar-refractivity contribution in [2.75, 3.05) is 0 Å². The van der Waals surface area contributed by atoms with Gasteiger partial charge in [0.2, 0.25) is 0 Å². The lowest BCUT2D eigenvalue weighted by Gasteiger charge is -2.08. The topological polar surface area (TPSA) is 71.1 Å². The number of thiophene rings is 1. The van der Waals surface area contributed by atoms with Crippen molar-refractivity contribution in [2.24, 2.45) is 0 Å². The van der Waals surface area contributed by atoms with E-state index in [0.717, 1.165) is 10.8 Å². The highest BCUT2D eigenvalue weighted by Crippen LogP contribution is 2.50. The van der Waals surface area contributed by atoms with Gasteiger partial charge in [0.05, 0.1) is 10.8 Å². The Hall–Kier alpha value is -5.66. The van der Waals surface area contributed by atoms with Gasteiger partial charge in [0.25, 0.3) is 0 Å². The minimum Gasteiger partial charge on any atom is -0.457 e. The molecule has 6 rings (SSSR count). The second kappa shape index (κ2) is 12.5. The van der Waals surface area contributed by atoms with Crippen LogP contribution in [0.4, 0.5) is 0 Å². The zero-order valence-corrected chi connectivity index (χ0v) is 25.6. The Kier molecular flexibility index (Phi) is 8.18. The maximum Gasteiger partial charge on any atom is 0.338 e. The predicted molar refractivity (Wildman–Crippen MR) is 179 cm³/mol. The zero-order valence-electron chi connectivity index (χ0n) is 24.7. The third-order valence-corrected chi connectivity index (χ3v) is 9.18. The molecule has 0 radical (unpaired) electrons. The molecule has 0 aliphatic carbocycles. The number of carbonyl (C=O) groups excluding carboxylic acids is 2. The molecule has 0 aliphatic heterocycles. The van der Waals surface area contributed by atoms with Gasteiger partial charge < -0.3 is 18.9 Å². The molecule has 0 N–H and O–H groups in total. The van der Waals surface area contributed by atoms with Gasteiger partial charge in [-0.3, -0.25) is 0 Å². The van der Waals surface area contributed by atoms with Crippen LogP contribution in [0.2, 0.25) is 0 Å². The molecule has 6 aromatic rings. The van der Waals surface area contributed by atoms with Crippen molar-refractivity contribution in [3.05, 3.63) is 140 Å². The third kappa shape index (κ3) is 6.49. The molecule has 0 spiro atoms. The van der Waals surface area contributed by atoms with Crippen molar-refractivity contribution in [2.45, 2.75) is 13.8 Å². The summed E-state index contributed by atoms with van der Waals surface area (Å²) in [5.41, 5.74) is 0.660. The van der Waals surface area contributed by atoms with E-state index in [4.69, 9.17) is 18.9 Å². The van der Waals surface area contributed by atoms with Crippen molar-refractivity contribution in [3.63, 3.8) is 0 Å². The van der Waals surface area contributed by atoms with E-state index in [1.54, 1.807) is 62.4 Å². The van der Waals surface area contributed by atoms with Crippen LogP contribution in [0.1, 0.15) is 13.8 Å². The molecule has 0 amide bonds. The summed E-state index contributed by atoms with van der Waals surface area (Å²) in [5.74, 6) is 2.46. The fraction of sp³-hybridized carbons (Fsp3) is 0.0526. The van der Waals surface area contributed by atoms with E-state index in [-0.39, 0.29) is 10.5 Å². The van der Waals surface area contributed by atoms with E-state index in [9.17, 15) is 9.59 Å². The van der Waals surface area contributed by atoms with Gasteiger partial charge in [0, 0.05) is 33.7 Å². The molecule has 0 bridgehead atoms. The van der Waals surface area contributed by atoms with Crippen molar-refractivity contribution in [1.29, 1.82) is 0 Å². The summed E-state index contributed by atoms with van der Waals surface area (Å²) in [6.45, 7) is 10.4. The lowest BCUT2D eigenvalue weighted by Crippen LogP contribution is -2.07. The number of benzene rings is 5. The van der Waals surface area contributed by atoms with Crippen molar-refractivity contribution in [1.82, 2.24) is 0 Å². The SMILES string of the molecule is C=C(C)C(=O)Oc1ccc(Oc2ccc3c(c2)c2cc(Oc4ccc(OC(=O)C(=C)C)cc4)ccc2[s+]3-c2ccccc2)cc1. The molecular weight excluding hydrogens is 584 g/mol.